The van der Waals surface area contributed by atoms with Gasteiger partial charge >= 0.3 is 5.97 Å². The summed E-state index contributed by atoms with van der Waals surface area (Å²) in [7, 11) is 0. The van der Waals surface area contributed by atoms with Gasteiger partial charge < -0.3 is 10.1 Å². The van der Waals surface area contributed by atoms with Gasteiger partial charge in [-0.15, -0.1) is 11.3 Å². The van der Waals surface area contributed by atoms with Crippen LogP contribution in [-0.4, -0.2) is 32.7 Å². The number of hydrogen-bond donors (Lipinski definition) is 2. The normalized spacial score (nSPS) is 11.2. The van der Waals surface area contributed by atoms with Crippen LogP contribution in [0.3, 0.4) is 0 Å². The molecular weight excluding hydrogens is 304 g/mol. The zero-order valence-electron chi connectivity index (χ0n) is 12.7. The molecule has 0 radical (unpaired) electrons. The van der Waals surface area contributed by atoms with E-state index in [0.29, 0.717) is 18.7 Å². The van der Waals surface area contributed by atoms with Crippen LogP contribution in [0.2, 0.25) is 0 Å². The smallest absolute Gasteiger partial charge is 0.356 e. The fourth-order valence-corrected chi connectivity index (χ4v) is 2.23. The summed E-state index contributed by atoms with van der Waals surface area (Å²) in [6, 6.07) is 1.46. The lowest BCUT2D eigenvalue weighted by Gasteiger charge is -2.18. The number of esters is 1. The van der Waals surface area contributed by atoms with Crippen LogP contribution in [0, 0.1) is 0 Å². The lowest BCUT2D eigenvalue weighted by atomic mass is 10.2. The maximum atomic E-state index is 11.8. The monoisotopic (exact) mass is 322 g/mol. The lowest BCUT2D eigenvalue weighted by Crippen LogP contribution is -2.24. The quantitative estimate of drug-likeness (QED) is 0.824. The molecule has 0 saturated carbocycles. The number of aromatic nitrogens is 3. The number of thiazole rings is 1. The zero-order valence-corrected chi connectivity index (χ0v) is 13.5. The van der Waals surface area contributed by atoms with E-state index in [9.17, 15) is 9.59 Å². The molecule has 2 heterocycles. The molecule has 7 nitrogen and oxygen atoms in total. The summed E-state index contributed by atoms with van der Waals surface area (Å²) in [6.45, 7) is 5.34. The van der Waals surface area contributed by atoms with Crippen LogP contribution < -0.4 is 5.32 Å². The number of hydrogen-bond acceptors (Lipinski definition) is 6. The van der Waals surface area contributed by atoms with Gasteiger partial charge in [0.1, 0.15) is 11.3 Å². The first-order chi connectivity index (χ1) is 10.3. The number of anilines is 1. The summed E-state index contributed by atoms with van der Waals surface area (Å²) in [5, 5.41) is 9.08. The van der Waals surface area contributed by atoms with Gasteiger partial charge in [-0.05, 0) is 27.2 Å². The van der Waals surface area contributed by atoms with E-state index in [4.69, 9.17) is 4.74 Å². The van der Waals surface area contributed by atoms with Crippen LogP contribution in [0.15, 0.2) is 17.8 Å². The number of nitrogens with zero attached hydrogens (tertiary/aromatic N) is 2. The van der Waals surface area contributed by atoms with Crippen molar-refractivity contribution in [3.05, 3.63) is 28.3 Å². The van der Waals surface area contributed by atoms with Crippen molar-refractivity contribution in [3.63, 3.8) is 0 Å². The fourth-order valence-electron chi connectivity index (χ4n) is 1.63. The van der Waals surface area contributed by atoms with Crippen molar-refractivity contribution in [2.24, 2.45) is 0 Å². The van der Waals surface area contributed by atoms with Crippen molar-refractivity contribution in [3.8, 4) is 0 Å². The maximum Gasteiger partial charge on any atom is 0.356 e. The van der Waals surface area contributed by atoms with Gasteiger partial charge in [-0.2, -0.15) is 5.10 Å². The molecule has 0 bridgehead atoms. The molecule has 0 aliphatic carbocycles. The molecule has 118 valence electrons. The Hall–Kier alpha value is -2.22. The Kier molecular flexibility index (Phi) is 4.92. The summed E-state index contributed by atoms with van der Waals surface area (Å²) in [5.41, 5.74) is 1.35. The first-order valence-corrected chi connectivity index (χ1v) is 7.67. The minimum Gasteiger partial charge on any atom is -0.455 e. The third-order valence-electron chi connectivity index (χ3n) is 2.55. The number of rotatable bonds is 5. The molecule has 2 aromatic rings. The standard InChI is InChI=1S/C14H18N4O3S/c1-14(2,3)21-13(20)10-6-11(18-17-10)16-12(19)5-4-9-7-15-8-22-9/h6-8H,4-5H2,1-3H3,(H2,16,17,18,19). The fraction of sp³-hybridized carbons (Fsp3) is 0.429. The first kappa shape index (κ1) is 16.2. The Bertz CT molecular complexity index is 643. The van der Waals surface area contributed by atoms with Gasteiger partial charge in [0.15, 0.2) is 5.82 Å². The molecule has 0 atom stereocenters. The third-order valence-corrected chi connectivity index (χ3v) is 3.39. The molecule has 0 aliphatic heterocycles. The van der Waals surface area contributed by atoms with E-state index in [1.165, 1.54) is 17.4 Å². The van der Waals surface area contributed by atoms with Crippen molar-refractivity contribution < 1.29 is 14.3 Å². The van der Waals surface area contributed by atoms with E-state index in [0.717, 1.165) is 4.88 Å². The van der Waals surface area contributed by atoms with Gasteiger partial charge in [0.05, 0.1) is 5.51 Å². The summed E-state index contributed by atoms with van der Waals surface area (Å²) in [6.07, 6.45) is 2.70. The second kappa shape index (κ2) is 6.69. The molecule has 0 spiro atoms. The van der Waals surface area contributed by atoms with E-state index < -0.39 is 11.6 Å². The summed E-state index contributed by atoms with van der Waals surface area (Å²) >= 11 is 1.51. The number of amides is 1. The van der Waals surface area contributed by atoms with Gasteiger partial charge in [0.25, 0.3) is 0 Å². The van der Waals surface area contributed by atoms with E-state index in [2.05, 4.69) is 20.5 Å². The molecule has 8 heteroatoms. The number of carbonyl (C=O) groups excluding carboxylic acids is 2. The summed E-state index contributed by atoms with van der Waals surface area (Å²) < 4.78 is 5.21. The van der Waals surface area contributed by atoms with E-state index >= 15 is 0 Å². The van der Waals surface area contributed by atoms with Crippen LogP contribution in [0.25, 0.3) is 0 Å². The Morgan fingerprint density at radius 1 is 1.41 bits per heavy atom. The molecule has 1 amide bonds. The predicted octanol–water partition coefficient (Wildman–Crippen LogP) is 2.39. The van der Waals surface area contributed by atoms with Crippen molar-refractivity contribution in [1.82, 2.24) is 15.2 Å². The highest BCUT2D eigenvalue weighted by molar-refractivity contribution is 7.09. The second-order valence-corrected chi connectivity index (χ2v) is 6.66. The highest BCUT2D eigenvalue weighted by Gasteiger charge is 2.20. The van der Waals surface area contributed by atoms with Gasteiger partial charge in [-0.3, -0.25) is 14.9 Å². The predicted molar refractivity (Wildman–Crippen MR) is 82.8 cm³/mol. The van der Waals surface area contributed by atoms with E-state index in [1.54, 1.807) is 32.5 Å². The Balaban J connectivity index is 1.86. The topological polar surface area (TPSA) is 97.0 Å². The maximum absolute atomic E-state index is 11.8. The Morgan fingerprint density at radius 2 is 2.18 bits per heavy atom. The van der Waals surface area contributed by atoms with Gasteiger partial charge in [0, 0.05) is 23.6 Å². The second-order valence-electron chi connectivity index (χ2n) is 5.68. The van der Waals surface area contributed by atoms with Crippen molar-refractivity contribution in [2.45, 2.75) is 39.2 Å². The number of H-pyrrole nitrogens is 1. The minimum atomic E-state index is -0.583. The summed E-state index contributed by atoms with van der Waals surface area (Å²) in [4.78, 5) is 28.6. The van der Waals surface area contributed by atoms with Gasteiger partial charge in [-0.1, -0.05) is 0 Å². The van der Waals surface area contributed by atoms with Crippen LogP contribution in [0.4, 0.5) is 5.82 Å². The first-order valence-electron chi connectivity index (χ1n) is 6.79. The highest BCUT2D eigenvalue weighted by Crippen LogP contribution is 2.14. The van der Waals surface area contributed by atoms with Crippen molar-refractivity contribution in [1.29, 1.82) is 0 Å². The molecule has 22 heavy (non-hydrogen) atoms. The van der Waals surface area contributed by atoms with Crippen molar-refractivity contribution in [2.75, 3.05) is 5.32 Å². The average molecular weight is 322 g/mol. The highest BCUT2D eigenvalue weighted by atomic mass is 32.1. The Morgan fingerprint density at radius 3 is 2.82 bits per heavy atom. The van der Waals surface area contributed by atoms with Crippen molar-refractivity contribution >= 4 is 29.0 Å². The van der Waals surface area contributed by atoms with Gasteiger partial charge in [0.2, 0.25) is 5.91 Å². The SMILES string of the molecule is CC(C)(C)OC(=O)c1cc(NC(=O)CCc2cncs2)n[nH]1. The molecule has 0 aliphatic rings. The lowest BCUT2D eigenvalue weighted by molar-refractivity contribution is -0.116. The zero-order chi connectivity index (χ0) is 16.2. The van der Waals surface area contributed by atoms with Crippen LogP contribution in [0.1, 0.15) is 42.6 Å². The molecule has 2 N–H and O–H groups in total. The van der Waals surface area contributed by atoms with Crippen LogP contribution in [0.5, 0.6) is 0 Å². The molecule has 0 unspecified atom stereocenters. The average Bonchev–Trinajstić information content (AvgIpc) is 3.05. The molecule has 0 aromatic carbocycles. The molecular formula is C14H18N4O3S. The van der Waals surface area contributed by atoms with E-state index in [1.807, 2.05) is 0 Å². The largest absolute Gasteiger partial charge is 0.455 e. The molecule has 2 aromatic heterocycles. The van der Waals surface area contributed by atoms with Crippen LogP contribution >= 0.6 is 11.3 Å². The third kappa shape index (κ3) is 4.96. The number of aromatic amines is 1. The minimum absolute atomic E-state index is 0.171. The number of aryl methyl sites for hydroxylation is 1. The van der Waals surface area contributed by atoms with Gasteiger partial charge in [-0.25, -0.2) is 4.79 Å². The van der Waals surface area contributed by atoms with Crippen LogP contribution in [-0.2, 0) is 16.0 Å². The number of nitrogens with one attached hydrogen (secondary N) is 2. The molecule has 0 fully saturated rings. The van der Waals surface area contributed by atoms with E-state index in [-0.39, 0.29) is 11.6 Å². The number of ether oxygens (including phenoxy) is 1. The Labute approximate surface area is 132 Å². The molecule has 0 saturated heterocycles. The molecule has 2 rings (SSSR count). The number of carbonyl (C=O) groups is 2. The summed E-state index contributed by atoms with van der Waals surface area (Å²) in [5.74, 6) is -0.379.